The highest BCUT2D eigenvalue weighted by Gasteiger charge is 2.26. The first-order valence-electron chi connectivity index (χ1n) is 9.13. The molecule has 0 bridgehead atoms. The molecule has 0 saturated carbocycles. The van der Waals surface area contributed by atoms with Gasteiger partial charge in [0, 0.05) is 28.5 Å². The Labute approximate surface area is 180 Å². The summed E-state index contributed by atoms with van der Waals surface area (Å²) < 4.78 is 52.0. The van der Waals surface area contributed by atoms with Gasteiger partial charge in [0.05, 0.1) is 29.7 Å². The number of anilines is 1. The number of rotatable bonds is 7. The first-order valence-corrected chi connectivity index (χ1v) is 11.6. The predicted molar refractivity (Wildman–Crippen MR) is 114 cm³/mol. The van der Waals surface area contributed by atoms with Gasteiger partial charge in [0.15, 0.2) is 0 Å². The van der Waals surface area contributed by atoms with Crippen molar-refractivity contribution in [3.05, 3.63) is 52.3 Å². The molecule has 0 aliphatic carbocycles. The first-order chi connectivity index (χ1) is 14.3. The predicted octanol–water partition coefficient (Wildman–Crippen LogP) is 3.89. The summed E-state index contributed by atoms with van der Waals surface area (Å²) in [5.74, 6) is -0.586. The number of halogens is 2. The van der Waals surface area contributed by atoms with E-state index >= 15 is 0 Å². The second-order valence-electron chi connectivity index (χ2n) is 6.89. The van der Waals surface area contributed by atoms with E-state index in [0.29, 0.717) is 39.7 Å². The maximum absolute atomic E-state index is 13.3. The van der Waals surface area contributed by atoms with Crippen LogP contribution >= 0.6 is 15.9 Å². The van der Waals surface area contributed by atoms with Crippen LogP contribution in [-0.2, 0) is 14.8 Å². The summed E-state index contributed by atoms with van der Waals surface area (Å²) in [6, 6.07) is 8.71. The number of fused-ring (bicyclic) bond motifs is 1. The van der Waals surface area contributed by atoms with E-state index in [1.54, 1.807) is 6.07 Å². The van der Waals surface area contributed by atoms with Crippen molar-refractivity contribution in [1.29, 1.82) is 0 Å². The number of epoxide rings is 1. The lowest BCUT2D eigenvalue weighted by atomic mass is 10.0. The fourth-order valence-corrected chi connectivity index (χ4v) is 4.84. The van der Waals surface area contributed by atoms with Gasteiger partial charge in [-0.1, -0.05) is 0 Å². The van der Waals surface area contributed by atoms with E-state index in [9.17, 15) is 17.6 Å². The maximum atomic E-state index is 13.3. The third-order valence-electron chi connectivity index (χ3n) is 4.71. The van der Waals surface area contributed by atoms with Crippen LogP contribution in [0.2, 0.25) is 0 Å². The number of ether oxygens (including phenoxy) is 1. The minimum atomic E-state index is -3.58. The molecule has 1 amide bonds. The average Bonchev–Trinajstić information content (AvgIpc) is 3.47. The molecule has 2 heterocycles. The van der Waals surface area contributed by atoms with E-state index in [4.69, 9.17) is 9.15 Å². The lowest BCUT2D eigenvalue weighted by Gasteiger charge is -2.09. The molecule has 1 saturated heterocycles. The van der Waals surface area contributed by atoms with Gasteiger partial charge in [-0.25, -0.2) is 12.8 Å². The van der Waals surface area contributed by atoms with Crippen molar-refractivity contribution in [2.45, 2.75) is 12.5 Å². The third kappa shape index (κ3) is 4.35. The van der Waals surface area contributed by atoms with Gasteiger partial charge in [0.1, 0.15) is 17.2 Å². The van der Waals surface area contributed by atoms with Gasteiger partial charge in [-0.15, -0.1) is 0 Å². The number of carbonyl (C=O) groups excluding carboxylic acids is 1. The Morgan fingerprint density at radius 1 is 1.27 bits per heavy atom. The molecule has 0 spiro atoms. The van der Waals surface area contributed by atoms with Gasteiger partial charge in [-0.3, -0.25) is 9.52 Å². The summed E-state index contributed by atoms with van der Waals surface area (Å²) in [4.78, 5) is 12.5. The lowest BCUT2D eigenvalue weighted by Crippen LogP contribution is -2.18. The molecule has 1 aliphatic rings. The second kappa shape index (κ2) is 8.01. The van der Waals surface area contributed by atoms with Crippen molar-refractivity contribution >= 4 is 48.5 Å². The highest BCUT2D eigenvalue weighted by atomic mass is 79.9. The molecule has 1 atom stereocenters. The van der Waals surface area contributed by atoms with Crippen LogP contribution in [0.4, 0.5) is 10.1 Å². The van der Waals surface area contributed by atoms with E-state index in [1.807, 2.05) is 0 Å². The maximum Gasteiger partial charge on any atom is 0.255 e. The Kier molecular flexibility index (Phi) is 5.56. The molecule has 158 valence electrons. The zero-order valence-electron chi connectivity index (χ0n) is 15.9. The van der Waals surface area contributed by atoms with Gasteiger partial charge in [-0.2, -0.15) is 0 Å². The molecule has 1 fully saturated rings. The zero-order chi connectivity index (χ0) is 21.5. The molecule has 30 heavy (non-hydrogen) atoms. The quantitative estimate of drug-likeness (QED) is 0.483. The van der Waals surface area contributed by atoms with Gasteiger partial charge in [0.25, 0.3) is 5.91 Å². The van der Waals surface area contributed by atoms with Gasteiger partial charge in [0.2, 0.25) is 10.0 Å². The SMILES string of the molecule is CNC(=O)c1c(-c2ccc(F)cc2)oc2cc(NS(=O)(=O)CCC3CO3)c(Br)cc12. The summed E-state index contributed by atoms with van der Waals surface area (Å²) in [5.41, 5.74) is 1.41. The zero-order valence-corrected chi connectivity index (χ0v) is 18.3. The molecule has 0 radical (unpaired) electrons. The molecular weight excluding hydrogens is 479 g/mol. The van der Waals surface area contributed by atoms with E-state index in [1.165, 1.54) is 37.4 Å². The number of carbonyl (C=O) groups is 1. The van der Waals surface area contributed by atoms with Crippen LogP contribution in [-0.4, -0.2) is 39.8 Å². The van der Waals surface area contributed by atoms with Crippen LogP contribution in [0, 0.1) is 5.82 Å². The molecule has 4 rings (SSSR count). The molecule has 10 heteroatoms. The van der Waals surface area contributed by atoms with Crippen LogP contribution < -0.4 is 10.0 Å². The molecule has 2 aromatic carbocycles. The van der Waals surface area contributed by atoms with Crippen LogP contribution in [0.25, 0.3) is 22.3 Å². The Bertz CT molecular complexity index is 1220. The Hall–Kier alpha value is -2.43. The Morgan fingerprint density at radius 3 is 2.60 bits per heavy atom. The van der Waals surface area contributed by atoms with Crippen LogP contribution in [0.15, 0.2) is 45.3 Å². The number of benzene rings is 2. The highest BCUT2D eigenvalue weighted by Crippen LogP contribution is 2.38. The van der Waals surface area contributed by atoms with Crippen molar-refractivity contribution < 1.29 is 26.8 Å². The minimum Gasteiger partial charge on any atom is -0.455 e. The second-order valence-corrected chi connectivity index (χ2v) is 9.58. The number of hydrogen-bond donors (Lipinski definition) is 2. The van der Waals surface area contributed by atoms with Crippen molar-refractivity contribution in [3.8, 4) is 11.3 Å². The third-order valence-corrected chi connectivity index (χ3v) is 6.67. The van der Waals surface area contributed by atoms with Crippen molar-refractivity contribution in [2.24, 2.45) is 0 Å². The molecule has 2 N–H and O–H groups in total. The summed E-state index contributed by atoms with van der Waals surface area (Å²) in [6.45, 7) is 0.589. The number of nitrogens with one attached hydrogen (secondary N) is 2. The van der Waals surface area contributed by atoms with Gasteiger partial charge < -0.3 is 14.5 Å². The first kappa shape index (κ1) is 20.8. The average molecular weight is 497 g/mol. The molecule has 1 unspecified atom stereocenters. The molecule has 7 nitrogen and oxygen atoms in total. The topological polar surface area (TPSA) is 101 Å². The minimum absolute atomic E-state index is 0.00551. The van der Waals surface area contributed by atoms with Crippen LogP contribution in [0.3, 0.4) is 0 Å². The molecule has 3 aromatic rings. The van der Waals surface area contributed by atoms with E-state index in [0.717, 1.165) is 0 Å². The number of sulfonamides is 1. The van der Waals surface area contributed by atoms with Crippen molar-refractivity contribution in [1.82, 2.24) is 5.32 Å². The normalized spacial score (nSPS) is 15.9. The molecule has 1 aromatic heterocycles. The lowest BCUT2D eigenvalue weighted by molar-refractivity contribution is 0.0964. The van der Waals surface area contributed by atoms with Crippen LogP contribution in [0.5, 0.6) is 0 Å². The number of amides is 1. The van der Waals surface area contributed by atoms with Gasteiger partial charge >= 0.3 is 0 Å². The molecule has 1 aliphatic heterocycles. The number of furan rings is 1. The molecular formula is C20H18BrFN2O5S. The van der Waals surface area contributed by atoms with Gasteiger partial charge in [-0.05, 0) is 52.7 Å². The monoisotopic (exact) mass is 496 g/mol. The van der Waals surface area contributed by atoms with E-state index < -0.39 is 15.8 Å². The fraction of sp³-hybridized carbons (Fsp3) is 0.250. The number of hydrogen-bond acceptors (Lipinski definition) is 5. The largest absolute Gasteiger partial charge is 0.455 e. The van der Waals surface area contributed by atoms with E-state index in [-0.39, 0.29) is 29.1 Å². The summed E-state index contributed by atoms with van der Waals surface area (Å²) >= 11 is 3.37. The smallest absolute Gasteiger partial charge is 0.255 e. The highest BCUT2D eigenvalue weighted by molar-refractivity contribution is 9.10. The Balaban J connectivity index is 1.76. The summed E-state index contributed by atoms with van der Waals surface area (Å²) in [7, 11) is -2.09. The van der Waals surface area contributed by atoms with Crippen molar-refractivity contribution in [3.63, 3.8) is 0 Å². The van der Waals surface area contributed by atoms with E-state index in [2.05, 4.69) is 26.0 Å². The van der Waals surface area contributed by atoms with Crippen LogP contribution in [0.1, 0.15) is 16.8 Å². The van der Waals surface area contributed by atoms with Crippen molar-refractivity contribution in [2.75, 3.05) is 24.1 Å². The standard InChI is InChI=1S/C20H18BrFN2O5S/c1-23-20(25)18-14-8-15(21)16(24-30(26,27)7-6-13-10-28-13)9-17(14)29-19(18)11-2-4-12(22)5-3-11/h2-5,8-9,13,24H,6-7,10H2,1H3,(H,23,25). The fourth-order valence-electron chi connectivity index (χ4n) is 3.09. The summed E-state index contributed by atoms with van der Waals surface area (Å²) in [6.07, 6.45) is 0.428. The Morgan fingerprint density at radius 2 is 1.97 bits per heavy atom. The summed E-state index contributed by atoms with van der Waals surface area (Å²) in [5, 5.41) is 3.07.